The highest BCUT2D eigenvalue weighted by Gasteiger charge is 2.07. The second-order valence-corrected chi connectivity index (χ2v) is 4.55. The molecule has 3 aromatic rings. The third kappa shape index (κ3) is 3.52. The van der Waals surface area contributed by atoms with Crippen LogP contribution in [0.25, 0.3) is 17.5 Å². The smallest absolute Gasteiger partial charge is 0.223 e. The summed E-state index contributed by atoms with van der Waals surface area (Å²) in [6, 6.07) is 15.3. The summed E-state index contributed by atoms with van der Waals surface area (Å²) in [5.41, 5.74) is 7.41. The van der Waals surface area contributed by atoms with Crippen molar-refractivity contribution in [1.29, 1.82) is 0 Å². The van der Waals surface area contributed by atoms with Crippen molar-refractivity contribution < 1.29 is 9.15 Å². The SMILES string of the molecule is Nc1nc(OCC=Cc2ccccc2)cc(-c2ccco2)n1. The van der Waals surface area contributed by atoms with Crippen molar-refractivity contribution in [3.63, 3.8) is 0 Å². The zero-order valence-electron chi connectivity index (χ0n) is 11.8. The fourth-order valence-corrected chi connectivity index (χ4v) is 1.95. The van der Waals surface area contributed by atoms with Crippen LogP contribution in [0.2, 0.25) is 0 Å². The number of nitrogens with zero attached hydrogens (tertiary/aromatic N) is 2. The number of benzene rings is 1. The Bertz CT molecular complexity index is 753. The maximum atomic E-state index is 5.70. The highest BCUT2D eigenvalue weighted by atomic mass is 16.5. The van der Waals surface area contributed by atoms with Crippen LogP contribution in [-0.4, -0.2) is 16.6 Å². The van der Waals surface area contributed by atoms with E-state index in [1.54, 1.807) is 24.5 Å². The zero-order chi connectivity index (χ0) is 15.2. The molecule has 110 valence electrons. The average Bonchev–Trinajstić information content (AvgIpc) is 3.07. The van der Waals surface area contributed by atoms with Crippen LogP contribution >= 0.6 is 0 Å². The van der Waals surface area contributed by atoms with Gasteiger partial charge in [-0.2, -0.15) is 4.98 Å². The zero-order valence-corrected chi connectivity index (χ0v) is 11.8. The number of nitrogen functional groups attached to an aromatic ring is 1. The number of anilines is 1. The fourth-order valence-electron chi connectivity index (χ4n) is 1.95. The third-order valence-corrected chi connectivity index (χ3v) is 2.93. The summed E-state index contributed by atoms with van der Waals surface area (Å²) < 4.78 is 10.9. The van der Waals surface area contributed by atoms with E-state index in [-0.39, 0.29) is 5.95 Å². The Morgan fingerprint density at radius 2 is 1.95 bits per heavy atom. The molecule has 0 bridgehead atoms. The molecule has 0 atom stereocenters. The minimum Gasteiger partial charge on any atom is -0.473 e. The van der Waals surface area contributed by atoms with Crippen LogP contribution in [-0.2, 0) is 0 Å². The molecule has 0 amide bonds. The number of hydrogen-bond acceptors (Lipinski definition) is 5. The van der Waals surface area contributed by atoms with Gasteiger partial charge in [-0.25, -0.2) is 4.98 Å². The average molecular weight is 293 g/mol. The lowest BCUT2D eigenvalue weighted by Gasteiger charge is -2.04. The van der Waals surface area contributed by atoms with Gasteiger partial charge >= 0.3 is 0 Å². The second-order valence-electron chi connectivity index (χ2n) is 4.55. The van der Waals surface area contributed by atoms with E-state index < -0.39 is 0 Å². The molecule has 5 heteroatoms. The predicted octanol–water partition coefficient (Wildman–Crippen LogP) is 3.41. The lowest BCUT2D eigenvalue weighted by atomic mass is 10.2. The van der Waals surface area contributed by atoms with Crippen LogP contribution in [0.3, 0.4) is 0 Å². The summed E-state index contributed by atoms with van der Waals surface area (Å²) in [7, 11) is 0. The summed E-state index contributed by atoms with van der Waals surface area (Å²) in [6.07, 6.45) is 5.48. The molecule has 0 aliphatic heterocycles. The first-order valence-corrected chi connectivity index (χ1v) is 6.84. The highest BCUT2D eigenvalue weighted by Crippen LogP contribution is 2.22. The molecule has 0 fully saturated rings. The Morgan fingerprint density at radius 1 is 1.09 bits per heavy atom. The fraction of sp³-hybridized carbons (Fsp3) is 0.0588. The minimum atomic E-state index is 0.149. The molecule has 0 unspecified atom stereocenters. The Balaban J connectivity index is 1.67. The lowest BCUT2D eigenvalue weighted by Crippen LogP contribution is -2.01. The maximum Gasteiger partial charge on any atom is 0.223 e. The number of furan rings is 1. The van der Waals surface area contributed by atoms with Crippen molar-refractivity contribution in [2.45, 2.75) is 0 Å². The van der Waals surface area contributed by atoms with Crippen molar-refractivity contribution in [1.82, 2.24) is 9.97 Å². The molecule has 5 nitrogen and oxygen atoms in total. The number of aromatic nitrogens is 2. The Kier molecular flexibility index (Phi) is 4.15. The van der Waals surface area contributed by atoms with Gasteiger partial charge in [-0.1, -0.05) is 36.4 Å². The van der Waals surface area contributed by atoms with E-state index in [1.165, 1.54) is 0 Å². The quantitative estimate of drug-likeness (QED) is 0.780. The lowest BCUT2D eigenvalue weighted by molar-refractivity contribution is 0.349. The number of hydrogen-bond donors (Lipinski definition) is 1. The Morgan fingerprint density at radius 3 is 2.73 bits per heavy atom. The molecule has 0 aliphatic carbocycles. The van der Waals surface area contributed by atoms with Crippen molar-refractivity contribution in [3.8, 4) is 17.3 Å². The molecular formula is C17H15N3O2. The van der Waals surface area contributed by atoms with Gasteiger partial charge < -0.3 is 14.9 Å². The van der Waals surface area contributed by atoms with Gasteiger partial charge in [-0.15, -0.1) is 0 Å². The van der Waals surface area contributed by atoms with Crippen LogP contribution < -0.4 is 10.5 Å². The standard InChI is InChI=1S/C17H15N3O2/c18-17-19-14(15-9-5-10-21-15)12-16(20-17)22-11-4-8-13-6-2-1-3-7-13/h1-10,12H,11H2,(H2,18,19,20). The predicted molar refractivity (Wildman–Crippen MR) is 85.1 cm³/mol. The molecule has 2 aromatic heterocycles. The van der Waals surface area contributed by atoms with Gasteiger partial charge in [-0.05, 0) is 23.8 Å². The first kappa shape index (κ1) is 13.9. The molecule has 1 aromatic carbocycles. The summed E-state index contributed by atoms with van der Waals surface area (Å²) >= 11 is 0. The van der Waals surface area contributed by atoms with E-state index in [9.17, 15) is 0 Å². The molecule has 2 heterocycles. The van der Waals surface area contributed by atoms with E-state index in [2.05, 4.69) is 9.97 Å². The van der Waals surface area contributed by atoms with Crippen molar-refractivity contribution in [3.05, 3.63) is 66.4 Å². The molecule has 22 heavy (non-hydrogen) atoms. The number of nitrogens with two attached hydrogens (primary N) is 1. The van der Waals surface area contributed by atoms with Gasteiger partial charge in [0.15, 0.2) is 5.76 Å². The summed E-state index contributed by atoms with van der Waals surface area (Å²) in [5, 5.41) is 0. The highest BCUT2D eigenvalue weighted by molar-refractivity contribution is 5.55. The summed E-state index contributed by atoms with van der Waals surface area (Å²) in [4.78, 5) is 8.18. The van der Waals surface area contributed by atoms with Gasteiger partial charge in [0.05, 0.1) is 6.26 Å². The second kappa shape index (κ2) is 6.58. The van der Waals surface area contributed by atoms with Gasteiger partial charge in [0.2, 0.25) is 11.8 Å². The van der Waals surface area contributed by atoms with Gasteiger partial charge in [0.1, 0.15) is 12.3 Å². The van der Waals surface area contributed by atoms with Crippen LogP contribution in [0.5, 0.6) is 5.88 Å². The van der Waals surface area contributed by atoms with Crippen molar-refractivity contribution >= 4 is 12.0 Å². The van der Waals surface area contributed by atoms with Crippen LogP contribution in [0.1, 0.15) is 5.56 Å². The van der Waals surface area contributed by atoms with E-state index in [0.29, 0.717) is 23.9 Å². The maximum absolute atomic E-state index is 5.70. The number of rotatable bonds is 5. The Labute approximate surface area is 128 Å². The van der Waals surface area contributed by atoms with Crippen LogP contribution in [0, 0.1) is 0 Å². The topological polar surface area (TPSA) is 74.2 Å². The minimum absolute atomic E-state index is 0.149. The first-order chi connectivity index (χ1) is 10.8. The Hall–Kier alpha value is -3.08. The molecule has 0 saturated heterocycles. The van der Waals surface area contributed by atoms with Gasteiger partial charge in [0.25, 0.3) is 0 Å². The molecule has 0 radical (unpaired) electrons. The molecule has 2 N–H and O–H groups in total. The van der Waals surface area contributed by atoms with Crippen LogP contribution in [0.4, 0.5) is 5.95 Å². The molecule has 0 spiro atoms. The monoisotopic (exact) mass is 293 g/mol. The molecule has 0 saturated carbocycles. The molecular weight excluding hydrogens is 278 g/mol. The number of ether oxygens (including phenoxy) is 1. The van der Waals surface area contributed by atoms with E-state index in [1.807, 2.05) is 42.5 Å². The molecule has 0 aliphatic rings. The van der Waals surface area contributed by atoms with Crippen molar-refractivity contribution in [2.24, 2.45) is 0 Å². The van der Waals surface area contributed by atoms with E-state index in [4.69, 9.17) is 14.9 Å². The largest absolute Gasteiger partial charge is 0.473 e. The van der Waals surface area contributed by atoms with Crippen LogP contribution in [0.15, 0.2) is 65.3 Å². The van der Waals surface area contributed by atoms with E-state index in [0.717, 1.165) is 5.56 Å². The van der Waals surface area contributed by atoms with Gasteiger partial charge in [0, 0.05) is 6.07 Å². The first-order valence-electron chi connectivity index (χ1n) is 6.84. The van der Waals surface area contributed by atoms with Crippen molar-refractivity contribution in [2.75, 3.05) is 12.3 Å². The normalized spacial score (nSPS) is 10.9. The van der Waals surface area contributed by atoms with Gasteiger partial charge in [-0.3, -0.25) is 0 Å². The third-order valence-electron chi connectivity index (χ3n) is 2.93. The molecule has 3 rings (SSSR count). The van der Waals surface area contributed by atoms with E-state index >= 15 is 0 Å². The summed E-state index contributed by atoms with van der Waals surface area (Å²) in [6.45, 7) is 0.392. The summed E-state index contributed by atoms with van der Waals surface area (Å²) in [5.74, 6) is 1.19.